The molecule has 3 N–H and O–H groups in total. The van der Waals surface area contributed by atoms with Crippen molar-refractivity contribution in [1.29, 1.82) is 0 Å². The molecule has 0 aliphatic carbocycles. The standard InChI is InChI=1S/C22H21ClN4O6S/c1-14-5-6-18(26-20(28)13-27-21(29)10-17(23)12-24-27)11-19(14)34(32,33)25-8-7-15-3-2-4-16(9-15)22(30)31/h2-6,9-12,25H,7-8,13H2,1H3,(H,26,28)(H,30,31). The highest BCUT2D eigenvalue weighted by atomic mass is 35.5. The van der Waals surface area contributed by atoms with Crippen molar-refractivity contribution in [3.05, 3.63) is 86.8 Å². The Bertz CT molecular complexity index is 1400. The second-order valence-electron chi connectivity index (χ2n) is 7.35. The van der Waals surface area contributed by atoms with Gasteiger partial charge in [0.2, 0.25) is 15.9 Å². The number of nitrogens with one attached hydrogen (secondary N) is 2. The number of carboxylic acid groups (broad SMARTS) is 1. The van der Waals surface area contributed by atoms with Gasteiger partial charge in [-0.2, -0.15) is 5.10 Å². The molecule has 1 heterocycles. The number of carbonyl (C=O) groups excluding carboxylic acids is 1. The summed E-state index contributed by atoms with van der Waals surface area (Å²) in [5.41, 5.74) is 0.941. The van der Waals surface area contributed by atoms with E-state index in [9.17, 15) is 22.8 Å². The van der Waals surface area contributed by atoms with E-state index in [1.165, 1.54) is 24.4 Å². The zero-order valence-corrected chi connectivity index (χ0v) is 19.6. The molecule has 0 radical (unpaired) electrons. The highest BCUT2D eigenvalue weighted by molar-refractivity contribution is 7.89. The van der Waals surface area contributed by atoms with Crippen LogP contribution in [0.1, 0.15) is 21.5 Å². The van der Waals surface area contributed by atoms with Gasteiger partial charge in [0.15, 0.2) is 0 Å². The average molecular weight is 505 g/mol. The number of carboxylic acids is 1. The third-order valence-electron chi connectivity index (χ3n) is 4.77. The van der Waals surface area contributed by atoms with Crippen LogP contribution in [0, 0.1) is 6.92 Å². The number of carbonyl (C=O) groups is 2. The van der Waals surface area contributed by atoms with Crippen LogP contribution in [0.25, 0.3) is 0 Å². The maximum absolute atomic E-state index is 12.8. The van der Waals surface area contributed by atoms with Crippen LogP contribution in [0.15, 0.2) is 64.4 Å². The molecule has 0 fully saturated rings. The first-order chi connectivity index (χ1) is 16.0. The van der Waals surface area contributed by atoms with E-state index in [1.807, 2.05) is 0 Å². The smallest absolute Gasteiger partial charge is 0.335 e. The van der Waals surface area contributed by atoms with Crippen molar-refractivity contribution >= 4 is 39.2 Å². The van der Waals surface area contributed by atoms with Crippen molar-refractivity contribution in [2.24, 2.45) is 0 Å². The minimum atomic E-state index is -3.92. The number of halogens is 1. The molecular weight excluding hydrogens is 484 g/mol. The first-order valence-electron chi connectivity index (χ1n) is 10.0. The lowest BCUT2D eigenvalue weighted by Crippen LogP contribution is -2.29. The van der Waals surface area contributed by atoms with Gasteiger partial charge in [-0.1, -0.05) is 29.8 Å². The molecule has 0 saturated heterocycles. The van der Waals surface area contributed by atoms with Gasteiger partial charge in [0, 0.05) is 18.3 Å². The van der Waals surface area contributed by atoms with Crippen LogP contribution in [-0.2, 0) is 27.8 Å². The third kappa shape index (κ3) is 6.50. The summed E-state index contributed by atoms with van der Waals surface area (Å²) in [7, 11) is -3.92. The van der Waals surface area contributed by atoms with Crippen LogP contribution < -0.4 is 15.6 Å². The fourth-order valence-corrected chi connectivity index (χ4v) is 4.54. The molecule has 0 aliphatic rings. The Labute approximate surface area is 200 Å². The summed E-state index contributed by atoms with van der Waals surface area (Å²) in [5.74, 6) is -1.64. The number of sulfonamides is 1. The van der Waals surface area contributed by atoms with Crippen LogP contribution in [-0.4, -0.2) is 41.7 Å². The van der Waals surface area contributed by atoms with Crippen LogP contribution in [0.3, 0.4) is 0 Å². The van der Waals surface area contributed by atoms with Crippen molar-refractivity contribution in [3.8, 4) is 0 Å². The quantitative estimate of drug-likeness (QED) is 0.404. The molecule has 0 atom stereocenters. The Morgan fingerprint density at radius 2 is 1.91 bits per heavy atom. The molecule has 1 amide bonds. The van der Waals surface area contributed by atoms with Crippen LogP contribution in [0.4, 0.5) is 5.69 Å². The van der Waals surface area contributed by atoms with Gasteiger partial charge in [-0.3, -0.25) is 9.59 Å². The van der Waals surface area contributed by atoms with Crippen LogP contribution in [0.5, 0.6) is 0 Å². The number of anilines is 1. The number of benzene rings is 2. The highest BCUT2D eigenvalue weighted by Gasteiger charge is 2.18. The van der Waals surface area contributed by atoms with E-state index in [-0.39, 0.29) is 34.3 Å². The van der Waals surface area contributed by atoms with Gasteiger partial charge in [0.25, 0.3) is 5.56 Å². The van der Waals surface area contributed by atoms with E-state index in [4.69, 9.17) is 16.7 Å². The SMILES string of the molecule is Cc1ccc(NC(=O)Cn2ncc(Cl)cc2=O)cc1S(=O)(=O)NCCc1cccc(C(=O)O)c1. The van der Waals surface area contributed by atoms with Gasteiger partial charge < -0.3 is 10.4 Å². The zero-order chi connectivity index (χ0) is 24.9. The Kier molecular flexibility index (Phi) is 7.82. The lowest BCUT2D eigenvalue weighted by molar-refractivity contribution is -0.117. The van der Waals surface area contributed by atoms with Gasteiger partial charge in [-0.15, -0.1) is 0 Å². The molecule has 2 aromatic carbocycles. The molecule has 0 unspecified atom stereocenters. The average Bonchev–Trinajstić information content (AvgIpc) is 2.77. The van der Waals surface area contributed by atoms with E-state index in [0.29, 0.717) is 17.5 Å². The topological polar surface area (TPSA) is 147 Å². The number of aromatic nitrogens is 2. The minimum absolute atomic E-state index is 0.0219. The van der Waals surface area contributed by atoms with Gasteiger partial charge in [-0.05, 0) is 48.7 Å². The number of aryl methyl sites for hydroxylation is 1. The van der Waals surface area contributed by atoms with E-state index >= 15 is 0 Å². The molecule has 3 rings (SSSR count). The van der Waals surface area contributed by atoms with Crippen molar-refractivity contribution in [2.75, 3.05) is 11.9 Å². The van der Waals surface area contributed by atoms with E-state index in [2.05, 4.69) is 15.1 Å². The molecule has 34 heavy (non-hydrogen) atoms. The van der Waals surface area contributed by atoms with Crippen LogP contribution >= 0.6 is 11.6 Å². The number of nitrogens with zero attached hydrogens (tertiary/aromatic N) is 2. The van der Waals surface area contributed by atoms with Gasteiger partial charge in [0.1, 0.15) is 6.54 Å². The zero-order valence-electron chi connectivity index (χ0n) is 18.0. The first-order valence-corrected chi connectivity index (χ1v) is 11.9. The number of hydrogen-bond acceptors (Lipinski definition) is 6. The molecule has 10 nitrogen and oxygen atoms in total. The van der Waals surface area contributed by atoms with Gasteiger partial charge in [0.05, 0.1) is 21.7 Å². The molecule has 0 spiro atoms. The normalized spacial score (nSPS) is 11.2. The Morgan fingerprint density at radius 1 is 1.15 bits per heavy atom. The molecule has 0 saturated carbocycles. The largest absolute Gasteiger partial charge is 0.478 e. The van der Waals surface area contributed by atoms with E-state index in [1.54, 1.807) is 31.2 Å². The molecular formula is C22H21ClN4O6S. The van der Waals surface area contributed by atoms with Gasteiger partial charge >= 0.3 is 5.97 Å². The van der Waals surface area contributed by atoms with Crippen molar-refractivity contribution in [2.45, 2.75) is 24.8 Å². The number of amides is 1. The van der Waals surface area contributed by atoms with Gasteiger partial charge in [-0.25, -0.2) is 22.6 Å². The number of hydrogen-bond donors (Lipinski definition) is 3. The molecule has 3 aromatic rings. The summed E-state index contributed by atoms with van der Waals surface area (Å²) < 4.78 is 29.1. The molecule has 12 heteroatoms. The Hall–Kier alpha value is -3.54. The summed E-state index contributed by atoms with van der Waals surface area (Å²) in [4.78, 5) is 35.2. The van der Waals surface area contributed by atoms with Crippen molar-refractivity contribution < 1.29 is 23.1 Å². The maximum atomic E-state index is 12.8. The predicted molar refractivity (Wildman–Crippen MR) is 126 cm³/mol. The van der Waals surface area contributed by atoms with E-state index in [0.717, 1.165) is 10.7 Å². The highest BCUT2D eigenvalue weighted by Crippen LogP contribution is 2.20. The first kappa shape index (κ1) is 25.1. The molecule has 1 aromatic heterocycles. The summed E-state index contributed by atoms with van der Waals surface area (Å²) in [5, 5.41) is 15.6. The summed E-state index contributed by atoms with van der Waals surface area (Å²) >= 11 is 5.69. The summed E-state index contributed by atoms with van der Waals surface area (Å²) in [6, 6.07) is 11.8. The Morgan fingerprint density at radius 3 is 2.62 bits per heavy atom. The fraction of sp³-hybridized carbons (Fsp3) is 0.182. The lowest BCUT2D eigenvalue weighted by Gasteiger charge is -2.12. The minimum Gasteiger partial charge on any atom is -0.478 e. The number of aromatic carboxylic acids is 1. The lowest BCUT2D eigenvalue weighted by atomic mass is 10.1. The molecule has 0 aliphatic heterocycles. The second kappa shape index (κ2) is 10.6. The summed E-state index contributed by atoms with van der Waals surface area (Å²) in [6.45, 7) is 1.29. The second-order valence-corrected chi connectivity index (χ2v) is 9.52. The number of rotatable bonds is 9. The molecule has 178 valence electrons. The van der Waals surface area contributed by atoms with Crippen LogP contribution in [0.2, 0.25) is 5.02 Å². The van der Waals surface area contributed by atoms with E-state index < -0.39 is 27.5 Å². The third-order valence-corrected chi connectivity index (χ3v) is 6.58. The van der Waals surface area contributed by atoms with Crippen molar-refractivity contribution in [1.82, 2.24) is 14.5 Å². The fourth-order valence-electron chi connectivity index (χ4n) is 3.10. The maximum Gasteiger partial charge on any atom is 0.335 e. The summed E-state index contributed by atoms with van der Waals surface area (Å²) in [6.07, 6.45) is 1.52. The molecule has 0 bridgehead atoms. The monoisotopic (exact) mass is 504 g/mol. The predicted octanol–water partition coefficient (Wildman–Crippen LogP) is 2.06. The Balaban J connectivity index is 1.68. The van der Waals surface area contributed by atoms with Crippen molar-refractivity contribution in [3.63, 3.8) is 0 Å².